The zero-order chi connectivity index (χ0) is 17.9. The number of aryl methyl sites for hydroxylation is 1. The van der Waals surface area contributed by atoms with E-state index in [0.29, 0.717) is 16.9 Å². The molecule has 0 aliphatic heterocycles. The second kappa shape index (κ2) is 7.13. The van der Waals surface area contributed by atoms with Crippen molar-refractivity contribution < 1.29 is 4.52 Å². The molecule has 0 saturated carbocycles. The van der Waals surface area contributed by atoms with E-state index in [2.05, 4.69) is 44.4 Å². The van der Waals surface area contributed by atoms with Gasteiger partial charge in [-0.2, -0.15) is 4.98 Å². The van der Waals surface area contributed by atoms with E-state index in [1.165, 1.54) is 17.3 Å². The van der Waals surface area contributed by atoms with E-state index in [1.54, 1.807) is 0 Å². The number of hydrogen-bond donors (Lipinski definition) is 1. The number of benzene rings is 2. The van der Waals surface area contributed by atoms with Crippen LogP contribution in [0.15, 0.2) is 64.3 Å². The molecule has 1 unspecified atom stereocenters. The topological polar surface area (TPSA) is 80.5 Å². The molecule has 2 aromatic heterocycles. The summed E-state index contributed by atoms with van der Waals surface area (Å²) in [4.78, 5) is 9.03. The van der Waals surface area contributed by atoms with Crippen molar-refractivity contribution in [2.75, 3.05) is 0 Å². The van der Waals surface area contributed by atoms with E-state index in [0.717, 1.165) is 17.0 Å². The first-order chi connectivity index (χ1) is 12.7. The molecule has 7 heteroatoms. The van der Waals surface area contributed by atoms with Crippen LogP contribution in [-0.4, -0.2) is 25.3 Å². The van der Waals surface area contributed by atoms with Crippen LogP contribution in [0.4, 0.5) is 0 Å². The quantitative estimate of drug-likeness (QED) is 0.518. The summed E-state index contributed by atoms with van der Waals surface area (Å²) < 4.78 is 5.41. The van der Waals surface area contributed by atoms with Crippen molar-refractivity contribution in [1.29, 1.82) is 0 Å². The highest BCUT2D eigenvalue weighted by Crippen LogP contribution is 2.33. The van der Waals surface area contributed by atoms with Gasteiger partial charge in [0.2, 0.25) is 16.9 Å². The Balaban J connectivity index is 1.48. The van der Waals surface area contributed by atoms with E-state index in [-0.39, 0.29) is 5.25 Å². The first kappa shape index (κ1) is 16.5. The number of aromatic amines is 1. The lowest BCUT2D eigenvalue weighted by Crippen LogP contribution is -1.90. The lowest BCUT2D eigenvalue weighted by Gasteiger charge is -2.01. The minimum absolute atomic E-state index is 0.0540. The Labute approximate surface area is 155 Å². The van der Waals surface area contributed by atoms with Crippen molar-refractivity contribution in [3.8, 4) is 22.8 Å². The maximum absolute atomic E-state index is 5.41. The number of thioether (sulfide) groups is 1. The molecule has 0 aliphatic carbocycles. The normalized spacial score (nSPS) is 12.2. The maximum atomic E-state index is 5.41. The summed E-state index contributed by atoms with van der Waals surface area (Å²) in [6, 6.07) is 17.9. The van der Waals surface area contributed by atoms with Crippen LogP contribution in [0.2, 0.25) is 0 Å². The van der Waals surface area contributed by atoms with Crippen LogP contribution in [0.3, 0.4) is 0 Å². The summed E-state index contributed by atoms with van der Waals surface area (Å²) in [5.41, 5.74) is 3.15. The summed E-state index contributed by atoms with van der Waals surface area (Å²) in [7, 11) is 0. The van der Waals surface area contributed by atoms with Gasteiger partial charge < -0.3 is 4.52 Å². The number of H-pyrrole nitrogens is 1. The van der Waals surface area contributed by atoms with Gasteiger partial charge in [0.15, 0.2) is 5.82 Å². The van der Waals surface area contributed by atoms with E-state index in [1.807, 2.05) is 49.4 Å². The van der Waals surface area contributed by atoms with Gasteiger partial charge in [-0.05, 0) is 13.8 Å². The fourth-order valence-corrected chi connectivity index (χ4v) is 3.21. The summed E-state index contributed by atoms with van der Waals surface area (Å²) in [5, 5.41) is 11.9. The van der Waals surface area contributed by atoms with Crippen molar-refractivity contribution in [2.24, 2.45) is 0 Å². The Hall–Kier alpha value is -2.93. The SMILES string of the molecule is Cc1ccc(-c2nc(SC(C)c3nc(-c4ccccc4)no3)n[nH]2)cc1. The Bertz CT molecular complexity index is 994. The predicted octanol–water partition coefficient (Wildman–Crippen LogP) is 4.68. The van der Waals surface area contributed by atoms with Gasteiger partial charge in [-0.15, -0.1) is 5.10 Å². The summed E-state index contributed by atoms with van der Waals surface area (Å²) in [5.74, 6) is 1.88. The molecule has 0 spiro atoms. The Morgan fingerprint density at radius 1 is 0.962 bits per heavy atom. The molecule has 2 heterocycles. The zero-order valence-electron chi connectivity index (χ0n) is 14.4. The van der Waals surface area contributed by atoms with Crippen LogP contribution in [0, 0.1) is 6.92 Å². The molecular weight excluding hydrogens is 346 g/mol. The van der Waals surface area contributed by atoms with E-state index in [9.17, 15) is 0 Å². The molecule has 4 rings (SSSR count). The smallest absolute Gasteiger partial charge is 0.240 e. The Kier molecular flexibility index (Phi) is 4.53. The average molecular weight is 363 g/mol. The molecule has 0 saturated heterocycles. The van der Waals surface area contributed by atoms with Gasteiger partial charge >= 0.3 is 0 Å². The van der Waals surface area contributed by atoms with Crippen LogP contribution in [0.25, 0.3) is 22.8 Å². The fraction of sp³-hybridized carbons (Fsp3) is 0.158. The molecule has 0 aliphatic rings. The van der Waals surface area contributed by atoms with Gasteiger partial charge in [0.1, 0.15) is 0 Å². The fourth-order valence-electron chi connectivity index (χ4n) is 2.45. The summed E-state index contributed by atoms with van der Waals surface area (Å²) >= 11 is 1.47. The van der Waals surface area contributed by atoms with Crippen LogP contribution in [0.5, 0.6) is 0 Å². The third kappa shape index (κ3) is 3.52. The number of aromatic nitrogens is 5. The zero-order valence-corrected chi connectivity index (χ0v) is 15.2. The van der Waals surface area contributed by atoms with Gasteiger partial charge in [-0.25, -0.2) is 4.98 Å². The average Bonchev–Trinajstić information content (AvgIpc) is 3.33. The number of nitrogens with one attached hydrogen (secondary N) is 1. The standard InChI is InChI=1S/C19H17N5OS/c1-12-8-10-15(11-9-12)16-21-19(23-22-16)26-13(2)18-20-17(24-25-18)14-6-4-3-5-7-14/h3-11,13H,1-2H3,(H,21,22,23). The lowest BCUT2D eigenvalue weighted by molar-refractivity contribution is 0.380. The molecular formula is C19H17N5OS. The Morgan fingerprint density at radius 3 is 2.50 bits per heavy atom. The number of nitrogens with zero attached hydrogens (tertiary/aromatic N) is 4. The summed E-state index contributed by atoms with van der Waals surface area (Å²) in [6.07, 6.45) is 0. The first-order valence-corrected chi connectivity index (χ1v) is 9.12. The van der Waals surface area contributed by atoms with Gasteiger partial charge in [0.05, 0.1) is 5.25 Å². The summed E-state index contributed by atoms with van der Waals surface area (Å²) in [6.45, 7) is 4.05. The maximum Gasteiger partial charge on any atom is 0.240 e. The molecule has 0 radical (unpaired) electrons. The van der Waals surface area contributed by atoms with Gasteiger partial charge in [-0.1, -0.05) is 77.1 Å². The van der Waals surface area contributed by atoms with Crippen LogP contribution < -0.4 is 0 Å². The molecule has 130 valence electrons. The molecule has 0 amide bonds. The molecule has 1 N–H and O–H groups in total. The molecule has 0 bridgehead atoms. The number of rotatable bonds is 5. The minimum atomic E-state index is -0.0540. The third-order valence-corrected chi connectivity index (χ3v) is 4.84. The van der Waals surface area contributed by atoms with Crippen molar-refractivity contribution in [3.05, 3.63) is 66.1 Å². The van der Waals surface area contributed by atoms with Crippen LogP contribution >= 0.6 is 11.8 Å². The van der Waals surface area contributed by atoms with E-state index >= 15 is 0 Å². The molecule has 6 nitrogen and oxygen atoms in total. The van der Waals surface area contributed by atoms with E-state index in [4.69, 9.17) is 4.52 Å². The lowest BCUT2D eigenvalue weighted by atomic mass is 10.1. The monoisotopic (exact) mass is 363 g/mol. The minimum Gasteiger partial charge on any atom is -0.338 e. The first-order valence-electron chi connectivity index (χ1n) is 8.24. The third-order valence-electron chi connectivity index (χ3n) is 3.89. The van der Waals surface area contributed by atoms with Crippen molar-refractivity contribution in [1.82, 2.24) is 25.3 Å². The molecule has 4 aromatic rings. The molecule has 1 atom stereocenters. The highest BCUT2D eigenvalue weighted by Gasteiger charge is 2.19. The largest absolute Gasteiger partial charge is 0.338 e. The molecule has 2 aromatic carbocycles. The van der Waals surface area contributed by atoms with Crippen LogP contribution in [0.1, 0.15) is 23.6 Å². The second-order valence-corrected chi connectivity index (χ2v) is 7.22. The second-order valence-electron chi connectivity index (χ2n) is 5.91. The highest BCUT2D eigenvalue weighted by molar-refractivity contribution is 7.99. The number of hydrogen-bond acceptors (Lipinski definition) is 6. The van der Waals surface area contributed by atoms with E-state index < -0.39 is 0 Å². The molecule has 26 heavy (non-hydrogen) atoms. The highest BCUT2D eigenvalue weighted by atomic mass is 32.2. The van der Waals surface area contributed by atoms with Crippen molar-refractivity contribution >= 4 is 11.8 Å². The van der Waals surface area contributed by atoms with Gasteiger partial charge in [-0.3, -0.25) is 5.10 Å². The van der Waals surface area contributed by atoms with Crippen molar-refractivity contribution in [3.63, 3.8) is 0 Å². The van der Waals surface area contributed by atoms with Gasteiger partial charge in [0.25, 0.3) is 0 Å². The molecule has 0 fully saturated rings. The predicted molar refractivity (Wildman–Crippen MR) is 101 cm³/mol. The van der Waals surface area contributed by atoms with Crippen LogP contribution in [-0.2, 0) is 0 Å². The van der Waals surface area contributed by atoms with Crippen molar-refractivity contribution in [2.45, 2.75) is 24.3 Å². The Morgan fingerprint density at radius 2 is 1.73 bits per heavy atom. The van der Waals surface area contributed by atoms with Gasteiger partial charge in [0, 0.05) is 11.1 Å².